The number of hydrogen-bond donors (Lipinski definition) is 1. The Balaban J connectivity index is 3.04. The topological polar surface area (TPSA) is 20.2 Å². The van der Waals surface area contributed by atoms with Crippen molar-refractivity contribution >= 4 is 0 Å². The summed E-state index contributed by atoms with van der Waals surface area (Å²) in [6.07, 6.45) is 24.4. The van der Waals surface area contributed by atoms with E-state index in [-0.39, 0.29) is 6.61 Å². The van der Waals surface area contributed by atoms with E-state index in [9.17, 15) is 0 Å². The number of hydrogen-bond acceptors (Lipinski definition) is 1. The van der Waals surface area contributed by atoms with Crippen molar-refractivity contribution in [1.82, 2.24) is 0 Å². The molecule has 0 aliphatic rings. The van der Waals surface area contributed by atoms with Gasteiger partial charge in [0.05, 0.1) is 0 Å². The van der Waals surface area contributed by atoms with Gasteiger partial charge in [0, 0.05) is 6.61 Å². The number of aliphatic hydroxyl groups is 1. The van der Waals surface area contributed by atoms with Gasteiger partial charge in [-0.2, -0.15) is 0 Å². The average Bonchev–Trinajstić information content (AvgIpc) is 2.43. The number of rotatable bonds is 14. The maximum absolute atomic E-state index is 8.61. The van der Waals surface area contributed by atoms with Gasteiger partial charge in [-0.05, 0) is 38.5 Å². The zero-order chi connectivity index (χ0) is 14.0. The fourth-order valence-electron chi connectivity index (χ4n) is 2.10. The van der Waals surface area contributed by atoms with E-state index in [0.29, 0.717) is 0 Å². The lowest BCUT2D eigenvalue weighted by atomic mass is 10.1. The summed E-state index contributed by atoms with van der Waals surface area (Å²) < 4.78 is 0. The molecule has 0 saturated heterocycles. The molecule has 1 nitrogen and oxygen atoms in total. The minimum atomic E-state index is 0.281. The van der Waals surface area contributed by atoms with Crippen molar-refractivity contribution < 1.29 is 5.11 Å². The molecule has 19 heavy (non-hydrogen) atoms. The van der Waals surface area contributed by atoms with Crippen LogP contribution in [0.1, 0.15) is 84.0 Å². The van der Waals surface area contributed by atoms with E-state index in [1.54, 1.807) is 0 Å². The Kier molecular flexibility index (Phi) is 16.9. The molecule has 0 atom stereocenters. The quantitative estimate of drug-likeness (QED) is 0.311. The van der Waals surface area contributed by atoms with Gasteiger partial charge in [0.1, 0.15) is 0 Å². The van der Waals surface area contributed by atoms with Gasteiger partial charge in [-0.15, -0.1) is 0 Å². The van der Waals surface area contributed by atoms with Gasteiger partial charge in [-0.1, -0.05) is 69.8 Å². The second-order valence-corrected chi connectivity index (χ2v) is 5.30. The molecule has 1 N–H and O–H groups in total. The molecule has 0 radical (unpaired) electrons. The van der Waals surface area contributed by atoms with Crippen LogP contribution < -0.4 is 0 Å². The molecule has 1 heteroatoms. The zero-order valence-electron chi connectivity index (χ0n) is 12.9. The first-order valence-corrected chi connectivity index (χ1v) is 8.32. The maximum Gasteiger partial charge on any atom is 0.0465 e. The summed E-state index contributed by atoms with van der Waals surface area (Å²) in [5.41, 5.74) is 0. The van der Waals surface area contributed by atoms with E-state index in [2.05, 4.69) is 31.2 Å². The van der Waals surface area contributed by atoms with E-state index in [4.69, 9.17) is 5.11 Å². The lowest BCUT2D eigenvalue weighted by Crippen LogP contribution is -1.80. The largest absolute Gasteiger partial charge is 0.396 e. The van der Waals surface area contributed by atoms with Crippen molar-refractivity contribution in [1.29, 1.82) is 0 Å². The molecule has 0 bridgehead atoms. The third-order valence-electron chi connectivity index (χ3n) is 3.35. The Labute approximate surface area is 120 Å². The van der Waals surface area contributed by atoms with E-state index < -0.39 is 0 Å². The molecule has 0 fully saturated rings. The van der Waals surface area contributed by atoms with Gasteiger partial charge in [0.2, 0.25) is 0 Å². The molecule has 112 valence electrons. The second-order valence-electron chi connectivity index (χ2n) is 5.30. The van der Waals surface area contributed by atoms with Gasteiger partial charge in [-0.3, -0.25) is 0 Å². The van der Waals surface area contributed by atoms with Crippen LogP contribution in [0.25, 0.3) is 0 Å². The summed E-state index contributed by atoms with van der Waals surface area (Å²) in [5, 5.41) is 8.61. The normalized spacial score (nSPS) is 11.9. The molecule has 0 aromatic heterocycles. The minimum absolute atomic E-state index is 0.281. The molecular weight excluding hydrogens is 232 g/mol. The summed E-state index contributed by atoms with van der Waals surface area (Å²) in [6, 6.07) is 0. The van der Waals surface area contributed by atoms with Crippen molar-refractivity contribution in [3.05, 3.63) is 24.3 Å². The van der Waals surface area contributed by atoms with E-state index in [1.165, 1.54) is 70.6 Å². The third-order valence-corrected chi connectivity index (χ3v) is 3.35. The first-order valence-electron chi connectivity index (χ1n) is 8.32. The fourth-order valence-corrected chi connectivity index (χ4v) is 2.10. The monoisotopic (exact) mass is 266 g/mol. The molecule has 0 spiro atoms. The highest BCUT2D eigenvalue weighted by atomic mass is 16.2. The highest BCUT2D eigenvalue weighted by Crippen LogP contribution is 2.09. The van der Waals surface area contributed by atoms with Crippen molar-refractivity contribution in [3.63, 3.8) is 0 Å². The van der Waals surface area contributed by atoms with Crippen molar-refractivity contribution in [2.75, 3.05) is 6.61 Å². The van der Waals surface area contributed by atoms with Crippen LogP contribution in [0.4, 0.5) is 0 Å². The fraction of sp³-hybridized carbons (Fsp3) is 0.778. The molecule has 0 heterocycles. The molecule has 0 aliphatic heterocycles. The standard InChI is InChI=1S/C18H34O/c1-2-3-4-5-6-7-8-9-10-11-12-13-14-15-16-17-18-19/h5-6,15-16,19H,2-4,7-14,17-18H2,1H3/b6-5?,16-15+. The van der Waals surface area contributed by atoms with E-state index in [0.717, 1.165) is 6.42 Å². The third kappa shape index (κ3) is 17.4. The van der Waals surface area contributed by atoms with Gasteiger partial charge < -0.3 is 5.11 Å². The zero-order valence-corrected chi connectivity index (χ0v) is 12.9. The smallest absolute Gasteiger partial charge is 0.0465 e. The second kappa shape index (κ2) is 17.4. The average molecular weight is 266 g/mol. The molecule has 0 saturated carbocycles. The molecule has 0 aromatic rings. The Hall–Kier alpha value is -0.560. The van der Waals surface area contributed by atoms with Crippen LogP contribution in [0.15, 0.2) is 24.3 Å². The first kappa shape index (κ1) is 18.4. The van der Waals surface area contributed by atoms with Crippen LogP contribution >= 0.6 is 0 Å². The van der Waals surface area contributed by atoms with Crippen LogP contribution in [0.2, 0.25) is 0 Å². The van der Waals surface area contributed by atoms with Crippen molar-refractivity contribution in [2.45, 2.75) is 84.0 Å². The Morgan fingerprint density at radius 1 is 0.579 bits per heavy atom. The minimum Gasteiger partial charge on any atom is -0.396 e. The van der Waals surface area contributed by atoms with Gasteiger partial charge in [-0.25, -0.2) is 0 Å². The summed E-state index contributed by atoms with van der Waals surface area (Å²) in [6.45, 7) is 2.53. The predicted octanol–water partition coefficient (Wildman–Crippen LogP) is 5.79. The van der Waals surface area contributed by atoms with Crippen LogP contribution in [0.5, 0.6) is 0 Å². The SMILES string of the molecule is CCCCC=CCCCCCCCC/C=C/CCO. The number of unbranched alkanes of at least 4 members (excludes halogenated alkanes) is 9. The van der Waals surface area contributed by atoms with Crippen molar-refractivity contribution in [3.8, 4) is 0 Å². The number of aliphatic hydroxyl groups excluding tert-OH is 1. The summed E-state index contributed by atoms with van der Waals surface area (Å²) in [7, 11) is 0. The van der Waals surface area contributed by atoms with Crippen LogP contribution in [0, 0.1) is 0 Å². The first-order chi connectivity index (χ1) is 9.41. The summed E-state index contributed by atoms with van der Waals surface area (Å²) in [5.74, 6) is 0. The lowest BCUT2D eigenvalue weighted by molar-refractivity contribution is 0.302. The Morgan fingerprint density at radius 2 is 1.00 bits per heavy atom. The lowest BCUT2D eigenvalue weighted by Gasteiger charge is -1.99. The van der Waals surface area contributed by atoms with Gasteiger partial charge >= 0.3 is 0 Å². The molecule has 0 aliphatic carbocycles. The number of allylic oxidation sites excluding steroid dienone is 3. The van der Waals surface area contributed by atoms with E-state index in [1.807, 2.05) is 0 Å². The highest BCUT2D eigenvalue weighted by Gasteiger charge is 1.90. The molecule has 0 amide bonds. The molecule has 0 unspecified atom stereocenters. The molecular formula is C18H34O. The maximum atomic E-state index is 8.61. The highest BCUT2D eigenvalue weighted by molar-refractivity contribution is 4.81. The Bertz CT molecular complexity index is 206. The summed E-state index contributed by atoms with van der Waals surface area (Å²) in [4.78, 5) is 0. The van der Waals surface area contributed by atoms with E-state index >= 15 is 0 Å². The molecule has 0 rings (SSSR count). The Morgan fingerprint density at radius 3 is 1.47 bits per heavy atom. The van der Waals surface area contributed by atoms with Crippen LogP contribution in [-0.4, -0.2) is 11.7 Å². The summed E-state index contributed by atoms with van der Waals surface area (Å²) >= 11 is 0. The van der Waals surface area contributed by atoms with Crippen molar-refractivity contribution in [2.24, 2.45) is 0 Å². The van der Waals surface area contributed by atoms with Gasteiger partial charge in [0.15, 0.2) is 0 Å². The van der Waals surface area contributed by atoms with Crippen LogP contribution in [0.3, 0.4) is 0 Å². The predicted molar refractivity (Wildman–Crippen MR) is 86.4 cm³/mol. The molecule has 0 aromatic carbocycles. The van der Waals surface area contributed by atoms with Crippen LogP contribution in [-0.2, 0) is 0 Å². The van der Waals surface area contributed by atoms with Gasteiger partial charge in [0.25, 0.3) is 0 Å².